The largest absolute Gasteiger partial charge is 0.467 e. The average molecular weight is 619 g/mol. The number of halogens is 2. The highest BCUT2D eigenvalue weighted by atomic mass is 79.9. The molecule has 10 heteroatoms. The Balaban J connectivity index is 1.50. The van der Waals surface area contributed by atoms with Crippen LogP contribution in [0.25, 0.3) is 11.3 Å². The normalized spacial score (nSPS) is 17.3. The molecule has 1 aliphatic rings. The Morgan fingerprint density at radius 3 is 2.44 bits per heavy atom. The summed E-state index contributed by atoms with van der Waals surface area (Å²) in [7, 11) is 1.35. The Kier molecular flexibility index (Phi) is 8.46. The molecule has 2 aromatic carbocycles. The summed E-state index contributed by atoms with van der Waals surface area (Å²) >= 11 is 6.93. The number of benzene rings is 2. The molecule has 2 heterocycles. The molecule has 8 nitrogen and oxygen atoms in total. The van der Waals surface area contributed by atoms with Gasteiger partial charge in [0.15, 0.2) is 0 Å². The van der Waals surface area contributed by atoms with Gasteiger partial charge in [-0.1, -0.05) is 23.4 Å². The summed E-state index contributed by atoms with van der Waals surface area (Å²) in [5.74, 6) is -0.551. The van der Waals surface area contributed by atoms with E-state index in [1.54, 1.807) is 9.58 Å². The zero-order valence-corrected chi connectivity index (χ0v) is 23.7. The van der Waals surface area contributed by atoms with Crippen LogP contribution in [0.5, 0.6) is 0 Å². The van der Waals surface area contributed by atoms with Crippen molar-refractivity contribution >= 4 is 49.4 Å². The number of carbonyl (C=O) groups is 2. The molecule has 2 atom stereocenters. The predicted molar refractivity (Wildman–Crippen MR) is 146 cm³/mol. The molecule has 0 aliphatic carbocycles. The van der Waals surface area contributed by atoms with E-state index >= 15 is 0 Å². The van der Waals surface area contributed by atoms with Crippen molar-refractivity contribution in [2.75, 3.05) is 31.6 Å². The van der Waals surface area contributed by atoms with E-state index in [4.69, 9.17) is 4.74 Å². The Morgan fingerprint density at radius 1 is 1.08 bits per heavy atom. The SMILES string of the molecule is CCN(CC)c1ccc(-c2cn([C@H]3C[C@@H](C(=O)OC)N(C(=O)Cc4ccc(Br)c(Br)c4)C3)nn2)cc1. The van der Waals surface area contributed by atoms with Gasteiger partial charge in [0.25, 0.3) is 0 Å². The van der Waals surface area contributed by atoms with Crippen molar-refractivity contribution in [2.45, 2.75) is 38.8 Å². The Morgan fingerprint density at radius 2 is 1.81 bits per heavy atom. The molecule has 1 fully saturated rings. The zero-order chi connectivity index (χ0) is 25.8. The molecular weight excluding hydrogens is 590 g/mol. The van der Waals surface area contributed by atoms with Crippen LogP contribution in [0.2, 0.25) is 0 Å². The van der Waals surface area contributed by atoms with Crippen LogP contribution in [0.1, 0.15) is 31.9 Å². The molecule has 0 unspecified atom stereocenters. The van der Waals surface area contributed by atoms with E-state index in [1.165, 1.54) is 12.8 Å². The highest BCUT2D eigenvalue weighted by Crippen LogP contribution is 2.31. The summed E-state index contributed by atoms with van der Waals surface area (Å²) in [4.78, 5) is 29.7. The topological polar surface area (TPSA) is 80.6 Å². The average Bonchev–Trinajstić information content (AvgIpc) is 3.55. The zero-order valence-electron chi connectivity index (χ0n) is 20.5. The number of esters is 1. The number of aromatic nitrogens is 3. The van der Waals surface area contributed by atoms with E-state index < -0.39 is 12.0 Å². The number of anilines is 1. The summed E-state index contributed by atoms with van der Waals surface area (Å²) in [6.45, 7) is 6.53. The fourth-order valence-electron chi connectivity index (χ4n) is 4.59. The Labute approximate surface area is 227 Å². The molecule has 0 N–H and O–H groups in total. The second-order valence-corrected chi connectivity index (χ2v) is 10.4. The highest BCUT2D eigenvalue weighted by Gasteiger charge is 2.41. The second-order valence-electron chi connectivity index (χ2n) is 8.70. The molecule has 36 heavy (non-hydrogen) atoms. The summed E-state index contributed by atoms with van der Waals surface area (Å²) in [5.41, 5.74) is 3.74. The molecule has 1 saturated heterocycles. The first kappa shape index (κ1) is 26.3. The van der Waals surface area contributed by atoms with Crippen LogP contribution >= 0.6 is 31.9 Å². The van der Waals surface area contributed by atoms with E-state index in [9.17, 15) is 9.59 Å². The monoisotopic (exact) mass is 617 g/mol. The Hall–Kier alpha value is -2.72. The van der Waals surface area contributed by atoms with Gasteiger partial charge in [-0.15, -0.1) is 5.10 Å². The molecule has 3 aromatic rings. The summed E-state index contributed by atoms with van der Waals surface area (Å²) in [6.07, 6.45) is 2.49. The van der Waals surface area contributed by atoms with E-state index in [2.05, 4.69) is 73.1 Å². The summed E-state index contributed by atoms with van der Waals surface area (Å²) in [6, 6.07) is 13.1. The van der Waals surface area contributed by atoms with Crippen LogP contribution in [0, 0.1) is 0 Å². The molecule has 190 valence electrons. The van der Waals surface area contributed by atoms with E-state index in [-0.39, 0.29) is 18.4 Å². The van der Waals surface area contributed by atoms with Gasteiger partial charge in [-0.2, -0.15) is 0 Å². The Bertz CT molecular complexity index is 1230. The maximum atomic E-state index is 13.2. The van der Waals surface area contributed by atoms with Crippen LogP contribution in [0.15, 0.2) is 57.6 Å². The minimum absolute atomic E-state index is 0.130. The van der Waals surface area contributed by atoms with Crippen LogP contribution in [-0.2, 0) is 20.7 Å². The van der Waals surface area contributed by atoms with Crippen molar-refractivity contribution in [3.05, 3.63) is 63.2 Å². The molecule has 0 bridgehead atoms. The number of nitrogens with zero attached hydrogens (tertiary/aromatic N) is 5. The maximum absolute atomic E-state index is 13.2. The lowest BCUT2D eigenvalue weighted by Gasteiger charge is -2.22. The molecule has 1 amide bonds. The minimum Gasteiger partial charge on any atom is -0.467 e. The second kappa shape index (κ2) is 11.6. The first-order chi connectivity index (χ1) is 17.3. The third-order valence-corrected chi connectivity index (χ3v) is 8.47. The van der Waals surface area contributed by atoms with Gasteiger partial charge in [-0.3, -0.25) is 4.79 Å². The molecular formula is C26H29Br2N5O3. The number of hydrogen-bond donors (Lipinski definition) is 0. The first-order valence-corrected chi connectivity index (χ1v) is 13.5. The number of rotatable bonds is 8. The van der Waals surface area contributed by atoms with Gasteiger partial charge in [-0.25, -0.2) is 9.48 Å². The van der Waals surface area contributed by atoms with Gasteiger partial charge in [0.1, 0.15) is 11.7 Å². The summed E-state index contributed by atoms with van der Waals surface area (Å²) < 4.78 is 8.55. The molecule has 0 spiro atoms. The van der Waals surface area contributed by atoms with Crippen molar-refractivity contribution in [3.63, 3.8) is 0 Å². The van der Waals surface area contributed by atoms with Crippen molar-refractivity contribution in [3.8, 4) is 11.3 Å². The number of methoxy groups -OCH3 is 1. The van der Waals surface area contributed by atoms with E-state index in [1.807, 2.05) is 36.5 Å². The van der Waals surface area contributed by atoms with Crippen LogP contribution in [0.3, 0.4) is 0 Å². The number of likely N-dealkylation sites (tertiary alicyclic amines) is 1. The van der Waals surface area contributed by atoms with Gasteiger partial charge in [0.05, 0.1) is 25.8 Å². The quantitative estimate of drug-likeness (QED) is 0.335. The fourth-order valence-corrected chi connectivity index (χ4v) is 5.26. The van der Waals surface area contributed by atoms with Crippen molar-refractivity contribution in [1.82, 2.24) is 19.9 Å². The van der Waals surface area contributed by atoms with Crippen molar-refractivity contribution in [1.29, 1.82) is 0 Å². The molecule has 0 saturated carbocycles. The van der Waals surface area contributed by atoms with E-state index in [0.29, 0.717) is 13.0 Å². The standard InChI is InChI=1S/C26H29Br2N5O3/c1-4-31(5-2)19-9-7-18(8-10-19)23-16-33(30-29-23)20-14-24(26(35)36-3)32(15-20)25(34)13-17-6-11-21(27)22(28)12-17/h6-12,16,20,24H,4-5,13-15H2,1-3H3/t20-,24-/m0/s1. The van der Waals surface area contributed by atoms with Gasteiger partial charge in [-0.05, 0) is 75.5 Å². The number of amides is 1. The van der Waals surface area contributed by atoms with Crippen LogP contribution in [0.4, 0.5) is 5.69 Å². The molecule has 1 aliphatic heterocycles. The van der Waals surface area contributed by atoms with Crippen molar-refractivity contribution < 1.29 is 14.3 Å². The van der Waals surface area contributed by atoms with Crippen LogP contribution < -0.4 is 4.90 Å². The lowest BCUT2D eigenvalue weighted by atomic mass is 10.1. The third kappa shape index (κ3) is 5.64. The lowest BCUT2D eigenvalue weighted by molar-refractivity contribution is -0.150. The minimum atomic E-state index is -0.660. The van der Waals surface area contributed by atoms with E-state index in [0.717, 1.165) is 38.9 Å². The first-order valence-electron chi connectivity index (χ1n) is 11.9. The smallest absolute Gasteiger partial charge is 0.328 e. The van der Waals surface area contributed by atoms with Gasteiger partial charge in [0, 0.05) is 46.3 Å². The van der Waals surface area contributed by atoms with Gasteiger partial charge < -0.3 is 14.5 Å². The number of ether oxygens (including phenoxy) is 1. The molecule has 1 aromatic heterocycles. The predicted octanol–water partition coefficient (Wildman–Crippen LogP) is 4.87. The maximum Gasteiger partial charge on any atom is 0.328 e. The number of carbonyl (C=O) groups excluding carboxylic acids is 2. The summed E-state index contributed by atoms with van der Waals surface area (Å²) in [5, 5.41) is 8.70. The van der Waals surface area contributed by atoms with Gasteiger partial charge in [0.2, 0.25) is 5.91 Å². The number of hydrogen-bond acceptors (Lipinski definition) is 6. The van der Waals surface area contributed by atoms with Crippen LogP contribution in [-0.4, -0.2) is 64.6 Å². The molecule has 4 rings (SSSR count). The molecule has 0 radical (unpaired) electrons. The lowest BCUT2D eigenvalue weighted by Crippen LogP contribution is -2.41. The third-order valence-electron chi connectivity index (χ3n) is 6.59. The fraction of sp³-hybridized carbons (Fsp3) is 0.385. The van der Waals surface area contributed by atoms with Crippen molar-refractivity contribution in [2.24, 2.45) is 0 Å². The highest BCUT2D eigenvalue weighted by molar-refractivity contribution is 9.13. The van der Waals surface area contributed by atoms with Gasteiger partial charge >= 0.3 is 5.97 Å².